The summed E-state index contributed by atoms with van der Waals surface area (Å²) in [5.41, 5.74) is 2.40. The summed E-state index contributed by atoms with van der Waals surface area (Å²) >= 11 is 3.52. The van der Waals surface area contributed by atoms with Gasteiger partial charge < -0.3 is 10.1 Å². The highest BCUT2D eigenvalue weighted by atomic mass is 79.9. The first kappa shape index (κ1) is 18.4. The molecule has 0 unspecified atom stereocenters. The second kappa shape index (κ2) is 10.1. The van der Waals surface area contributed by atoms with Crippen LogP contribution in [0, 0.1) is 11.3 Å². The van der Waals surface area contributed by atoms with Crippen LogP contribution in [0.1, 0.15) is 37.9 Å². The monoisotopic (exact) mass is 363 g/mol. The Morgan fingerprint density at radius 3 is 2.95 bits per heavy atom. The van der Waals surface area contributed by atoms with Gasteiger partial charge in [-0.1, -0.05) is 35.5 Å². The number of nitrogens with zero attached hydrogens (tertiary/aromatic N) is 2. The molecule has 0 atom stereocenters. The minimum Gasteiger partial charge on any atom is -0.492 e. The van der Waals surface area contributed by atoms with Gasteiger partial charge in [-0.25, -0.2) is 0 Å². The van der Waals surface area contributed by atoms with E-state index in [1.54, 1.807) is 6.20 Å². The maximum atomic E-state index is 9.00. The van der Waals surface area contributed by atoms with Crippen molar-refractivity contribution in [1.82, 2.24) is 10.3 Å². The molecule has 118 valence electrons. The van der Waals surface area contributed by atoms with Crippen molar-refractivity contribution in [3.63, 3.8) is 0 Å². The Labute approximate surface area is 141 Å². The highest BCUT2D eigenvalue weighted by molar-refractivity contribution is 9.12. The Morgan fingerprint density at radius 1 is 1.55 bits per heavy atom. The molecule has 1 rings (SSSR count). The smallest absolute Gasteiger partial charge is 0.140 e. The normalized spacial score (nSPS) is 11.1. The molecule has 22 heavy (non-hydrogen) atoms. The van der Waals surface area contributed by atoms with Crippen molar-refractivity contribution in [2.24, 2.45) is 0 Å². The lowest BCUT2D eigenvalue weighted by molar-refractivity contribution is 0.338. The first-order valence-corrected chi connectivity index (χ1v) is 8.18. The predicted molar refractivity (Wildman–Crippen MR) is 92.9 cm³/mol. The fraction of sp³-hybridized carbons (Fsp3) is 0.412. The van der Waals surface area contributed by atoms with Crippen molar-refractivity contribution >= 4 is 15.9 Å². The van der Waals surface area contributed by atoms with Gasteiger partial charge in [0, 0.05) is 23.3 Å². The van der Waals surface area contributed by atoms with Gasteiger partial charge in [0.15, 0.2) is 0 Å². The first-order valence-electron chi connectivity index (χ1n) is 7.38. The summed E-state index contributed by atoms with van der Waals surface area (Å²) < 4.78 is 6.53. The van der Waals surface area contributed by atoms with Crippen LogP contribution in [0.5, 0.6) is 5.75 Å². The number of nitrogens with one attached hydrogen (secondary N) is 1. The number of aromatic nitrogens is 1. The molecule has 4 nitrogen and oxygen atoms in total. The third kappa shape index (κ3) is 6.00. The fourth-order valence-corrected chi connectivity index (χ4v) is 2.35. The zero-order valence-corrected chi connectivity index (χ0v) is 14.7. The minimum absolute atomic E-state index is 0.465. The number of halogens is 1. The zero-order chi connectivity index (χ0) is 16.4. The van der Waals surface area contributed by atoms with Crippen LogP contribution < -0.4 is 10.1 Å². The lowest BCUT2D eigenvalue weighted by atomic mass is 10.2. The van der Waals surface area contributed by atoms with Crippen LogP contribution in [0.2, 0.25) is 0 Å². The Morgan fingerprint density at radius 2 is 2.32 bits per heavy atom. The molecule has 0 bridgehead atoms. The fourth-order valence-electron chi connectivity index (χ4n) is 1.83. The Bertz CT molecular complexity index is 576. The average Bonchev–Trinajstić information content (AvgIpc) is 2.52. The van der Waals surface area contributed by atoms with E-state index < -0.39 is 0 Å². The van der Waals surface area contributed by atoms with E-state index in [-0.39, 0.29) is 0 Å². The molecule has 0 radical (unpaired) electrons. The molecule has 0 spiro atoms. The molecule has 1 heterocycles. The van der Waals surface area contributed by atoms with Crippen LogP contribution in [-0.2, 0) is 6.54 Å². The van der Waals surface area contributed by atoms with Gasteiger partial charge >= 0.3 is 0 Å². The van der Waals surface area contributed by atoms with E-state index >= 15 is 0 Å². The molecule has 0 saturated heterocycles. The summed E-state index contributed by atoms with van der Waals surface area (Å²) in [5.74, 6) is 0.592. The van der Waals surface area contributed by atoms with Crippen LogP contribution in [0.15, 0.2) is 35.0 Å². The molecule has 1 aromatic heterocycles. The van der Waals surface area contributed by atoms with Gasteiger partial charge in [-0.05, 0) is 31.9 Å². The summed E-state index contributed by atoms with van der Waals surface area (Å²) in [6, 6.07) is 3.90. The number of allylic oxidation sites excluding steroid dienone is 2. The predicted octanol–water partition coefficient (Wildman–Crippen LogP) is 4.08. The molecule has 1 N–H and O–H groups in total. The largest absolute Gasteiger partial charge is 0.492 e. The maximum Gasteiger partial charge on any atom is 0.140 e. The van der Waals surface area contributed by atoms with Crippen LogP contribution in [0.4, 0.5) is 0 Å². The van der Waals surface area contributed by atoms with Crippen LogP contribution in [0.25, 0.3) is 0 Å². The molecule has 1 aromatic rings. The number of hydrogen-bond donors (Lipinski definition) is 1. The molecule has 0 aromatic carbocycles. The maximum absolute atomic E-state index is 9.00. The molecule has 0 fully saturated rings. The van der Waals surface area contributed by atoms with Gasteiger partial charge in [0.05, 0.1) is 12.3 Å². The van der Waals surface area contributed by atoms with Gasteiger partial charge in [0.1, 0.15) is 17.4 Å². The summed E-state index contributed by atoms with van der Waals surface area (Å²) in [4.78, 5) is 4.27. The van der Waals surface area contributed by atoms with Crippen molar-refractivity contribution in [3.05, 3.63) is 46.2 Å². The Hall–Kier alpha value is -1.64. The van der Waals surface area contributed by atoms with Crippen molar-refractivity contribution in [1.29, 1.82) is 5.26 Å². The Kier molecular flexibility index (Phi) is 8.49. The molecular weight excluding hydrogens is 342 g/mol. The number of nitriles is 1. The van der Waals surface area contributed by atoms with Crippen molar-refractivity contribution in [3.8, 4) is 11.8 Å². The second-order valence-corrected chi connectivity index (χ2v) is 5.56. The van der Waals surface area contributed by atoms with Gasteiger partial charge in [0.25, 0.3) is 0 Å². The lowest BCUT2D eigenvalue weighted by Crippen LogP contribution is -2.16. The standard InChI is InChI=1S/C17H22BrN3O/c1-4-6-16(18)13(3)7-8-20-12-15-9-17(22-5-2)14(10-19)11-21-15/h6,9,11,20H,3-5,7-8,12H2,1-2H3/b16-6+. The van der Waals surface area contributed by atoms with E-state index in [0.717, 1.165) is 35.1 Å². The van der Waals surface area contributed by atoms with E-state index in [4.69, 9.17) is 10.00 Å². The zero-order valence-electron chi connectivity index (χ0n) is 13.2. The van der Waals surface area contributed by atoms with Crippen molar-refractivity contribution in [2.45, 2.75) is 33.2 Å². The van der Waals surface area contributed by atoms with E-state index in [9.17, 15) is 0 Å². The van der Waals surface area contributed by atoms with E-state index in [2.05, 4.69) is 51.9 Å². The highest BCUT2D eigenvalue weighted by Crippen LogP contribution is 2.19. The molecule has 0 aliphatic carbocycles. The van der Waals surface area contributed by atoms with E-state index in [1.807, 2.05) is 13.0 Å². The molecule has 5 heteroatoms. The Balaban J connectivity index is 2.49. The quantitative estimate of drug-likeness (QED) is 0.530. The summed E-state index contributed by atoms with van der Waals surface area (Å²) in [7, 11) is 0. The van der Waals surface area contributed by atoms with Gasteiger partial charge in [0.2, 0.25) is 0 Å². The molecule has 0 aliphatic heterocycles. The third-order valence-corrected chi connectivity index (χ3v) is 3.86. The van der Waals surface area contributed by atoms with Crippen LogP contribution >= 0.6 is 15.9 Å². The van der Waals surface area contributed by atoms with Gasteiger partial charge in [-0.3, -0.25) is 4.98 Å². The summed E-state index contributed by atoms with van der Waals surface area (Å²) in [5, 5.41) is 12.3. The SMILES string of the molecule is C=C(CCNCc1cc(OCC)c(C#N)cn1)/C(Br)=C\CC. The number of ether oxygens (including phenoxy) is 1. The third-order valence-electron chi connectivity index (χ3n) is 2.97. The first-order chi connectivity index (χ1) is 10.6. The summed E-state index contributed by atoms with van der Waals surface area (Å²) in [6.45, 7) is 10.0. The van der Waals surface area contributed by atoms with Gasteiger partial charge in [-0.15, -0.1) is 0 Å². The second-order valence-electron chi connectivity index (χ2n) is 4.71. The minimum atomic E-state index is 0.465. The molecule has 0 aliphatic rings. The summed E-state index contributed by atoms with van der Waals surface area (Å²) in [6.07, 6.45) is 5.52. The lowest BCUT2D eigenvalue weighted by Gasteiger charge is -2.09. The van der Waals surface area contributed by atoms with E-state index in [0.29, 0.717) is 24.5 Å². The number of hydrogen-bond acceptors (Lipinski definition) is 4. The molecule has 0 saturated carbocycles. The van der Waals surface area contributed by atoms with Crippen LogP contribution in [-0.4, -0.2) is 18.1 Å². The van der Waals surface area contributed by atoms with Gasteiger partial charge in [-0.2, -0.15) is 5.26 Å². The molecule has 0 amide bonds. The van der Waals surface area contributed by atoms with Crippen molar-refractivity contribution < 1.29 is 4.74 Å². The number of pyridine rings is 1. The number of rotatable bonds is 9. The average molecular weight is 364 g/mol. The topological polar surface area (TPSA) is 57.9 Å². The molecular formula is C17H22BrN3O. The van der Waals surface area contributed by atoms with E-state index in [1.165, 1.54) is 0 Å². The highest BCUT2D eigenvalue weighted by Gasteiger charge is 2.06. The van der Waals surface area contributed by atoms with Crippen LogP contribution in [0.3, 0.4) is 0 Å². The van der Waals surface area contributed by atoms with Crippen molar-refractivity contribution in [2.75, 3.05) is 13.2 Å².